The van der Waals surface area contributed by atoms with E-state index >= 15 is 0 Å². The number of methoxy groups -OCH3 is 1. The lowest BCUT2D eigenvalue weighted by atomic mass is 10.1. The minimum atomic E-state index is -0.318. The third kappa shape index (κ3) is 3.64. The first-order valence-electron chi connectivity index (χ1n) is 8.75. The molecule has 0 atom stereocenters. The number of fused-ring (bicyclic) bond motifs is 1. The third-order valence-corrected chi connectivity index (χ3v) is 4.33. The van der Waals surface area contributed by atoms with Crippen molar-refractivity contribution in [2.24, 2.45) is 0 Å². The summed E-state index contributed by atoms with van der Waals surface area (Å²) in [5.41, 5.74) is 3.99. The van der Waals surface area contributed by atoms with Gasteiger partial charge in [-0.25, -0.2) is 14.8 Å². The summed E-state index contributed by atoms with van der Waals surface area (Å²) in [7, 11) is 1.61. The Balaban J connectivity index is 1.51. The first-order chi connectivity index (χ1) is 13.6. The Morgan fingerprint density at radius 3 is 2.79 bits per heavy atom. The number of amides is 2. The summed E-state index contributed by atoms with van der Waals surface area (Å²) in [5, 5.41) is 5.71. The van der Waals surface area contributed by atoms with Crippen LogP contribution in [0.1, 0.15) is 5.56 Å². The maximum Gasteiger partial charge on any atom is 0.323 e. The molecule has 0 aliphatic heterocycles. The molecule has 2 N–H and O–H groups in total. The zero-order chi connectivity index (χ0) is 19.5. The number of imidazole rings is 1. The number of aromatic nitrogens is 3. The smallest absolute Gasteiger partial charge is 0.323 e. The molecule has 4 rings (SSSR count). The predicted molar refractivity (Wildman–Crippen MR) is 109 cm³/mol. The second-order valence-corrected chi connectivity index (χ2v) is 6.29. The molecule has 7 nitrogen and oxygen atoms in total. The normalized spacial score (nSPS) is 10.6. The third-order valence-electron chi connectivity index (χ3n) is 4.33. The van der Waals surface area contributed by atoms with E-state index in [9.17, 15) is 4.79 Å². The molecule has 0 fully saturated rings. The average Bonchev–Trinajstić information content (AvgIpc) is 3.14. The maximum absolute atomic E-state index is 12.4. The molecule has 2 heterocycles. The molecule has 7 heteroatoms. The summed E-state index contributed by atoms with van der Waals surface area (Å²) in [5.74, 6) is 1.38. The molecular formula is C21H19N5O2. The van der Waals surface area contributed by atoms with Gasteiger partial charge in [0.15, 0.2) is 0 Å². The van der Waals surface area contributed by atoms with Crippen LogP contribution in [0.2, 0.25) is 0 Å². The van der Waals surface area contributed by atoms with Crippen molar-refractivity contribution in [3.63, 3.8) is 0 Å². The monoisotopic (exact) mass is 373 g/mol. The quantitative estimate of drug-likeness (QED) is 0.557. The molecule has 28 heavy (non-hydrogen) atoms. The minimum absolute atomic E-state index is 0.318. The fourth-order valence-electron chi connectivity index (χ4n) is 2.91. The summed E-state index contributed by atoms with van der Waals surface area (Å²) in [6, 6.07) is 14.5. The molecular weight excluding hydrogens is 354 g/mol. The number of hydrogen-bond acceptors (Lipinski definition) is 4. The van der Waals surface area contributed by atoms with Crippen LogP contribution in [-0.2, 0) is 0 Å². The number of nitrogens with one attached hydrogen (secondary N) is 2. The number of ether oxygens (including phenoxy) is 1. The number of urea groups is 1. The summed E-state index contributed by atoms with van der Waals surface area (Å²) < 4.78 is 7.04. The van der Waals surface area contributed by atoms with Crippen molar-refractivity contribution in [2.75, 3.05) is 17.7 Å². The number of benzene rings is 2. The van der Waals surface area contributed by atoms with E-state index in [2.05, 4.69) is 20.6 Å². The van der Waals surface area contributed by atoms with Crippen LogP contribution in [-0.4, -0.2) is 27.5 Å². The van der Waals surface area contributed by atoms with Crippen LogP contribution in [0.15, 0.2) is 67.1 Å². The first-order valence-corrected chi connectivity index (χ1v) is 8.75. The van der Waals surface area contributed by atoms with Crippen molar-refractivity contribution >= 4 is 23.2 Å². The van der Waals surface area contributed by atoms with Gasteiger partial charge in [-0.1, -0.05) is 12.1 Å². The van der Waals surface area contributed by atoms with Crippen LogP contribution in [0.3, 0.4) is 0 Å². The molecule has 140 valence electrons. The largest absolute Gasteiger partial charge is 0.497 e. The van der Waals surface area contributed by atoms with Gasteiger partial charge in [0, 0.05) is 35.5 Å². The average molecular weight is 373 g/mol. The van der Waals surface area contributed by atoms with Crippen LogP contribution in [0.25, 0.3) is 17.0 Å². The van der Waals surface area contributed by atoms with Gasteiger partial charge < -0.3 is 15.4 Å². The molecule has 4 aromatic rings. The van der Waals surface area contributed by atoms with Gasteiger partial charge in [0.1, 0.15) is 5.75 Å². The molecule has 2 amide bonds. The number of anilines is 2. The van der Waals surface area contributed by atoms with Crippen molar-refractivity contribution in [2.45, 2.75) is 6.92 Å². The molecule has 0 unspecified atom stereocenters. The van der Waals surface area contributed by atoms with E-state index < -0.39 is 0 Å². The highest BCUT2D eigenvalue weighted by molar-refractivity contribution is 6.00. The summed E-state index contributed by atoms with van der Waals surface area (Å²) in [4.78, 5) is 21.1. The van der Waals surface area contributed by atoms with Gasteiger partial charge in [0.2, 0.25) is 5.78 Å². The van der Waals surface area contributed by atoms with E-state index in [1.165, 1.54) is 0 Å². The van der Waals surface area contributed by atoms with Crippen molar-refractivity contribution in [3.8, 4) is 17.0 Å². The van der Waals surface area contributed by atoms with Crippen molar-refractivity contribution in [1.29, 1.82) is 0 Å². The lowest BCUT2D eigenvalue weighted by Crippen LogP contribution is -2.19. The van der Waals surface area contributed by atoms with Gasteiger partial charge in [-0.3, -0.25) is 4.40 Å². The Hall–Kier alpha value is -3.87. The van der Waals surface area contributed by atoms with Crippen LogP contribution < -0.4 is 15.4 Å². The molecule has 0 saturated heterocycles. The number of carbonyl (C=O) groups excluding carboxylic acids is 1. The fourth-order valence-corrected chi connectivity index (χ4v) is 2.91. The van der Waals surface area contributed by atoms with Gasteiger partial charge in [-0.15, -0.1) is 0 Å². The molecule has 0 spiro atoms. The second kappa shape index (κ2) is 7.40. The Morgan fingerprint density at radius 1 is 1.11 bits per heavy atom. The van der Waals surface area contributed by atoms with Gasteiger partial charge in [-0.2, -0.15) is 0 Å². The first kappa shape index (κ1) is 17.5. The summed E-state index contributed by atoms with van der Waals surface area (Å²) >= 11 is 0. The van der Waals surface area contributed by atoms with Crippen molar-refractivity contribution in [1.82, 2.24) is 14.4 Å². The molecule has 0 aliphatic rings. The minimum Gasteiger partial charge on any atom is -0.497 e. The lowest BCUT2D eigenvalue weighted by molar-refractivity contribution is 0.262. The van der Waals surface area contributed by atoms with E-state index in [1.807, 2.05) is 66.2 Å². The highest BCUT2D eigenvalue weighted by Crippen LogP contribution is 2.23. The summed E-state index contributed by atoms with van der Waals surface area (Å²) in [6.45, 7) is 1.91. The lowest BCUT2D eigenvalue weighted by Gasteiger charge is -2.11. The molecule has 0 aliphatic carbocycles. The zero-order valence-corrected chi connectivity index (χ0v) is 15.5. The van der Waals surface area contributed by atoms with Crippen LogP contribution in [0, 0.1) is 6.92 Å². The zero-order valence-electron chi connectivity index (χ0n) is 15.5. The number of rotatable bonds is 4. The van der Waals surface area contributed by atoms with Gasteiger partial charge in [0.05, 0.1) is 12.8 Å². The van der Waals surface area contributed by atoms with E-state index in [4.69, 9.17) is 4.74 Å². The van der Waals surface area contributed by atoms with Gasteiger partial charge >= 0.3 is 6.03 Å². The van der Waals surface area contributed by atoms with E-state index in [0.29, 0.717) is 11.5 Å². The number of nitrogens with zero attached hydrogens (tertiary/aromatic N) is 3. The summed E-state index contributed by atoms with van der Waals surface area (Å²) in [6.07, 6.45) is 5.50. The predicted octanol–water partition coefficient (Wildman–Crippen LogP) is 4.36. The van der Waals surface area contributed by atoms with Gasteiger partial charge in [-0.05, 0) is 48.9 Å². The second-order valence-electron chi connectivity index (χ2n) is 6.29. The number of carbonyl (C=O) groups is 1. The molecule has 0 bridgehead atoms. The highest BCUT2D eigenvalue weighted by Gasteiger charge is 2.09. The Kier molecular flexibility index (Phi) is 4.63. The molecule has 2 aromatic carbocycles. The van der Waals surface area contributed by atoms with Crippen LogP contribution in [0.5, 0.6) is 5.75 Å². The van der Waals surface area contributed by atoms with Crippen LogP contribution >= 0.6 is 0 Å². The van der Waals surface area contributed by atoms with E-state index in [0.717, 1.165) is 28.3 Å². The van der Waals surface area contributed by atoms with Gasteiger partial charge in [0.25, 0.3) is 0 Å². The van der Waals surface area contributed by atoms with Crippen molar-refractivity contribution < 1.29 is 9.53 Å². The number of hydrogen-bond donors (Lipinski definition) is 2. The topological polar surface area (TPSA) is 80.5 Å². The fraction of sp³-hybridized carbons (Fsp3) is 0.0952. The van der Waals surface area contributed by atoms with Crippen molar-refractivity contribution in [3.05, 3.63) is 72.7 Å². The number of aryl methyl sites for hydroxylation is 1. The highest BCUT2D eigenvalue weighted by atomic mass is 16.5. The maximum atomic E-state index is 12.4. The standard InChI is InChI=1S/C21H19N5O2/c1-14-11-17(28-2)7-8-18(14)25-21(27)23-16-6-3-5-15(12-16)19-13-26-10-4-9-22-20(26)24-19/h3-13H,1-2H3,(H2,23,25,27). The van der Waals surface area contributed by atoms with E-state index in [-0.39, 0.29) is 6.03 Å². The SMILES string of the molecule is COc1ccc(NC(=O)Nc2cccc(-c3cn4cccnc4n3)c2)c(C)c1. The van der Waals surface area contributed by atoms with Crippen LogP contribution in [0.4, 0.5) is 16.2 Å². The Morgan fingerprint density at radius 2 is 2.00 bits per heavy atom. The Labute approximate surface area is 162 Å². The Bertz CT molecular complexity index is 1120. The molecule has 2 aromatic heterocycles. The molecule has 0 saturated carbocycles. The molecule has 0 radical (unpaired) electrons. The van der Waals surface area contributed by atoms with E-state index in [1.54, 1.807) is 19.4 Å².